The van der Waals surface area contributed by atoms with Crippen LogP contribution in [0.15, 0.2) is 30.5 Å². The van der Waals surface area contributed by atoms with Crippen molar-refractivity contribution in [2.75, 3.05) is 23.3 Å². The van der Waals surface area contributed by atoms with Crippen molar-refractivity contribution in [3.8, 4) is 0 Å². The zero-order chi connectivity index (χ0) is 13.8. The molecule has 1 N–H and O–H groups in total. The Morgan fingerprint density at radius 1 is 1.30 bits per heavy atom. The standard InChI is InChI=1S/C15H19N5/c1-2-9-16-15-18-14(11-17-19-15)20-10-5-7-12-6-3-4-8-13(12)20/h3-4,6,8,11H,2,5,7,9-10H2,1H3,(H,16,18,19). The molecule has 0 fully saturated rings. The zero-order valence-electron chi connectivity index (χ0n) is 11.7. The number of benzene rings is 1. The average molecular weight is 269 g/mol. The molecule has 1 aliphatic rings. The lowest BCUT2D eigenvalue weighted by atomic mass is 10.0. The van der Waals surface area contributed by atoms with Gasteiger partial charge in [0.15, 0.2) is 5.82 Å². The lowest BCUT2D eigenvalue weighted by Gasteiger charge is -2.30. The normalized spacial score (nSPS) is 13.9. The minimum atomic E-state index is 0.604. The summed E-state index contributed by atoms with van der Waals surface area (Å²) in [6.07, 6.45) is 5.05. The first-order valence-electron chi connectivity index (χ1n) is 7.17. The highest BCUT2D eigenvalue weighted by molar-refractivity contribution is 5.65. The number of para-hydroxylation sites is 1. The number of fused-ring (bicyclic) bond motifs is 1. The molecule has 0 radical (unpaired) electrons. The molecule has 0 bridgehead atoms. The second kappa shape index (κ2) is 5.86. The fourth-order valence-electron chi connectivity index (χ4n) is 2.51. The molecule has 0 amide bonds. The fourth-order valence-corrected chi connectivity index (χ4v) is 2.51. The van der Waals surface area contributed by atoms with Crippen LogP contribution >= 0.6 is 0 Å². The Labute approximate surface area is 119 Å². The molecule has 1 aromatic heterocycles. The summed E-state index contributed by atoms with van der Waals surface area (Å²) in [7, 11) is 0. The van der Waals surface area contributed by atoms with Crippen LogP contribution in [-0.2, 0) is 6.42 Å². The van der Waals surface area contributed by atoms with Gasteiger partial charge in [-0.3, -0.25) is 0 Å². The van der Waals surface area contributed by atoms with E-state index in [2.05, 4.69) is 56.6 Å². The van der Waals surface area contributed by atoms with Gasteiger partial charge in [-0.25, -0.2) is 0 Å². The molecule has 5 nitrogen and oxygen atoms in total. The van der Waals surface area contributed by atoms with Gasteiger partial charge in [0.25, 0.3) is 0 Å². The molecule has 0 saturated carbocycles. The van der Waals surface area contributed by atoms with Crippen LogP contribution in [0.4, 0.5) is 17.5 Å². The Balaban J connectivity index is 1.90. The van der Waals surface area contributed by atoms with Crippen molar-refractivity contribution in [3.63, 3.8) is 0 Å². The first-order chi connectivity index (χ1) is 9.88. The van der Waals surface area contributed by atoms with E-state index in [9.17, 15) is 0 Å². The SMILES string of the molecule is CCCNc1nncc(N2CCCc3ccccc32)n1. The van der Waals surface area contributed by atoms with E-state index in [1.807, 2.05) is 0 Å². The van der Waals surface area contributed by atoms with Gasteiger partial charge in [-0.05, 0) is 30.9 Å². The van der Waals surface area contributed by atoms with E-state index in [4.69, 9.17) is 0 Å². The van der Waals surface area contributed by atoms with Crippen molar-refractivity contribution in [3.05, 3.63) is 36.0 Å². The maximum Gasteiger partial charge on any atom is 0.244 e. The molecule has 20 heavy (non-hydrogen) atoms. The van der Waals surface area contributed by atoms with Gasteiger partial charge in [0.1, 0.15) is 0 Å². The topological polar surface area (TPSA) is 53.9 Å². The van der Waals surface area contributed by atoms with Gasteiger partial charge in [0, 0.05) is 18.8 Å². The van der Waals surface area contributed by atoms with Gasteiger partial charge in [-0.2, -0.15) is 10.1 Å². The summed E-state index contributed by atoms with van der Waals surface area (Å²) < 4.78 is 0. The number of aromatic nitrogens is 3. The van der Waals surface area contributed by atoms with Crippen LogP contribution < -0.4 is 10.2 Å². The number of anilines is 3. The predicted molar refractivity (Wildman–Crippen MR) is 80.4 cm³/mol. The van der Waals surface area contributed by atoms with Crippen molar-refractivity contribution < 1.29 is 0 Å². The summed E-state index contributed by atoms with van der Waals surface area (Å²) in [6, 6.07) is 8.50. The number of nitrogens with one attached hydrogen (secondary N) is 1. The molecule has 2 aromatic rings. The summed E-state index contributed by atoms with van der Waals surface area (Å²) in [4.78, 5) is 6.80. The van der Waals surface area contributed by atoms with Gasteiger partial charge in [0.05, 0.1) is 6.20 Å². The Bertz CT molecular complexity index is 584. The Morgan fingerprint density at radius 3 is 3.10 bits per heavy atom. The molecule has 0 aliphatic carbocycles. The first-order valence-corrected chi connectivity index (χ1v) is 7.17. The molecule has 0 atom stereocenters. The summed E-state index contributed by atoms with van der Waals surface area (Å²) in [5.41, 5.74) is 2.61. The lowest BCUT2D eigenvalue weighted by Crippen LogP contribution is -2.25. The third-order valence-electron chi connectivity index (χ3n) is 3.47. The number of rotatable bonds is 4. The Hall–Kier alpha value is -2.17. The molecule has 0 unspecified atom stereocenters. The molecule has 2 heterocycles. The number of nitrogens with zero attached hydrogens (tertiary/aromatic N) is 4. The number of aryl methyl sites for hydroxylation is 1. The molecule has 3 rings (SSSR count). The van der Waals surface area contributed by atoms with Gasteiger partial charge in [-0.15, -0.1) is 5.10 Å². The summed E-state index contributed by atoms with van der Waals surface area (Å²) >= 11 is 0. The van der Waals surface area contributed by atoms with E-state index in [0.29, 0.717) is 5.95 Å². The maximum absolute atomic E-state index is 4.57. The van der Waals surface area contributed by atoms with Crippen molar-refractivity contribution in [1.82, 2.24) is 15.2 Å². The van der Waals surface area contributed by atoms with Crippen molar-refractivity contribution in [2.24, 2.45) is 0 Å². The van der Waals surface area contributed by atoms with E-state index in [0.717, 1.165) is 38.2 Å². The van der Waals surface area contributed by atoms with Crippen molar-refractivity contribution in [2.45, 2.75) is 26.2 Å². The van der Waals surface area contributed by atoms with E-state index in [1.165, 1.54) is 11.3 Å². The molecule has 5 heteroatoms. The highest BCUT2D eigenvalue weighted by Crippen LogP contribution is 2.31. The van der Waals surface area contributed by atoms with Crippen LogP contribution in [-0.4, -0.2) is 28.3 Å². The van der Waals surface area contributed by atoms with E-state index in [-0.39, 0.29) is 0 Å². The zero-order valence-corrected chi connectivity index (χ0v) is 11.7. The van der Waals surface area contributed by atoms with E-state index in [1.54, 1.807) is 6.20 Å². The van der Waals surface area contributed by atoms with Crippen LogP contribution in [0.1, 0.15) is 25.3 Å². The summed E-state index contributed by atoms with van der Waals surface area (Å²) in [5, 5.41) is 11.3. The lowest BCUT2D eigenvalue weighted by molar-refractivity contribution is 0.753. The second-order valence-electron chi connectivity index (χ2n) is 4.95. The molecule has 1 aromatic carbocycles. The molecular formula is C15H19N5. The Morgan fingerprint density at radius 2 is 2.20 bits per heavy atom. The van der Waals surface area contributed by atoms with Gasteiger partial charge >= 0.3 is 0 Å². The van der Waals surface area contributed by atoms with Crippen LogP contribution in [0.3, 0.4) is 0 Å². The van der Waals surface area contributed by atoms with E-state index < -0.39 is 0 Å². The minimum Gasteiger partial charge on any atom is -0.353 e. The number of hydrogen-bond donors (Lipinski definition) is 1. The smallest absolute Gasteiger partial charge is 0.244 e. The monoisotopic (exact) mass is 269 g/mol. The highest BCUT2D eigenvalue weighted by atomic mass is 15.3. The maximum atomic E-state index is 4.57. The first kappa shape index (κ1) is 12.8. The molecule has 0 saturated heterocycles. The van der Waals surface area contributed by atoms with Crippen LogP contribution in [0.25, 0.3) is 0 Å². The van der Waals surface area contributed by atoms with Crippen molar-refractivity contribution >= 4 is 17.5 Å². The molecule has 0 spiro atoms. The minimum absolute atomic E-state index is 0.604. The molecule has 104 valence electrons. The van der Waals surface area contributed by atoms with Gasteiger partial charge < -0.3 is 10.2 Å². The predicted octanol–water partition coefficient (Wildman–Crippen LogP) is 2.78. The van der Waals surface area contributed by atoms with E-state index >= 15 is 0 Å². The number of hydrogen-bond acceptors (Lipinski definition) is 5. The summed E-state index contributed by atoms with van der Waals surface area (Å²) in [6.45, 7) is 3.95. The van der Waals surface area contributed by atoms with Crippen LogP contribution in [0, 0.1) is 0 Å². The Kier molecular flexibility index (Phi) is 3.76. The molecular weight excluding hydrogens is 250 g/mol. The third kappa shape index (κ3) is 2.57. The third-order valence-corrected chi connectivity index (χ3v) is 3.47. The van der Waals surface area contributed by atoms with Crippen molar-refractivity contribution in [1.29, 1.82) is 0 Å². The fraction of sp³-hybridized carbons (Fsp3) is 0.400. The van der Waals surface area contributed by atoms with Gasteiger partial charge in [0.2, 0.25) is 5.95 Å². The quantitative estimate of drug-likeness (QED) is 0.925. The average Bonchev–Trinajstić information content (AvgIpc) is 2.52. The second-order valence-corrected chi connectivity index (χ2v) is 4.95. The van der Waals surface area contributed by atoms with Gasteiger partial charge in [-0.1, -0.05) is 25.1 Å². The molecule has 1 aliphatic heterocycles. The highest BCUT2D eigenvalue weighted by Gasteiger charge is 2.19. The van der Waals surface area contributed by atoms with Crippen LogP contribution in [0.2, 0.25) is 0 Å². The largest absolute Gasteiger partial charge is 0.353 e. The van der Waals surface area contributed by atoms with Crippen LogP contribution in [0.5, 0.6) is 0 Å². The summed E-state index contributed by atoms with van der Waals surface area (Å²) in [5.74, 6) is 1.47.